The normalized spacial score (nSPS) is 10.9. The van der Waals surface area contributed by atoms with Gasteiger partial charge in [0.15, 0.2) is 0 Å². The minimum Gasteiger partial charge on any atom is -0.497 e. The van der Waals surface area contributed by atoms with Crippen LogP contribution in [0.5, 0.6) is 11.5 Å². The summed E-state index contributed by atoms with van der Waals surface area (Å²) in [5, 5.41) is 4.34. The highest BCUT2D eigenvalue weighted by Gasteiger charge is 2.19. The van der Waals surface area contributed by atoms with Crippen molar-refractivity contribution in [3.63, 3.8) is 0 Å². The van der Waals surface area contributed by atoms with Gasteiger partial charge in [-0.15, -0.1) is 0 Å². The molecule has 1 N–H and O–H groups in total. The second-order valence-electron chi connectivity index (χ2n) is 8.76. The van der Waals surface area contributed by atoms with Crippen molar-refractivity contribution in [1.29, 1.82) is 0 Å². The third kappa shape index (κ3) is 5.75. The van der Waals surface area contributed by atoms with Gasteiger partial charge in [0.05, 0.1) is 31.3 Å². The van der Waals surface area contributed by atoms with Crippen LogP contribution >= 0.6 is 0 Å². The van der Waals surface area contributed by atoms with Gasteiger partial charge in [0, 0.05) is 16.8 Å². The Kier molecular flexibility index (Phi) is 7.84. The molecule has 0 saturated carbocycles. The SMILES string of the molecule is CCOc1ccc(-n2c(-c3ccccc3)cc(/C=N/NC(=O)c3ccc(OC)cc3)c2-c2ccccc2)cc1. The lowest BCUT2D eigenvalue weighted by Gasteiger charge is -2.15. The number of benzene rings is 4. The van der Waals surface area contributed by atoms with Gasteiger partial charge >= 0.3 is 0 Å². The maximum Gasteiger partial charge on any atom is 0.271 e. The summed E-state index contributed by atoms with van der Waals surface area (Å²) in [6.07, 6.45) is 1.70. The molecule has 5 aromatic rings. The van der Waals surface area contributed by atoms with E-state index in [1.165, 1.54) is 0 Å². The number of amides is 1. The zero-order chi connectivity index (χ0) is 27.0. The molecule has 0 bridgehead atoms. The summed E-state index contributed by atoms with van der Waals surface area (Å²) >= 11 is 0. The summed E-state index contributed by atoms with van der Waals surface area (Å²) in [7, 11) is 1.59. The van der Waals surface area contributed by atoms with E-state index in [0.29, 0.717) is 17.9 Å². The van der Waals surface area contributed by atoms with Crippen LogP contribution in [0, 0.1) is 0 Å². The van der Waals surface area contributed by atoms with Crippen LogP contribution in [0.4, 0.5) is 0 Å². The summed E-state index contributed by atoms with van der Waals surface area (Å²) in [6.45, 7) is 2.58. The quantitative estimate of drug-likeness (QED) is 0.170. The Balaban J connectivity index is 1.59. The van der Waals surface area contributed by atoms with Crippen LogP contribution in [0.2, 0.25) is 0 Å². The molecule has 0 atom stereocenters. The van der Waals surface area contributed by atoms with Crippen LogP contribution in [0.15, 0.2) is 120 Å². The molecule has 0 aliphatic rings. The molecule has 1 heterocycles. The third-order valence-electron chi connectivity index (χ3n) is 6.27. The number of carbonyl (C=O) groups is 1. The van der Waals surface area contributed by atoms with Crippen LogP contribution in [0.1, 0.15) is 22.8 Å². The van der Waals surface area contributed by atoms with E-state index in [1.807, 2.05) is 55.5 Å². The molecular formula is C33H29N3O3. The summed E-state index contributed by atoms with van der Waals surface area (Å²) in [4.78, 5) is 12.7. The van der Waals surface area contributed by atoms with Crippen molar-refractivity contribution in [1.82, 2.24) is 9.99 Å². The number of methoxy groups -OCH3 is 1. The van der Waals surface area contributed by atoms with Gasteiger partial charge in [-0.25, -0.2) is 5.43 Å². The van der Waals surface area contributed by atoms with E-state index in [2.05, 4.69) is 57.6 Å². The topological polar surface area (TPSA) is 64.8 Å². The molecule has 6 heteroatoms. The molecule has 4 aromatic carbocycles. The van der Waals surface area contributed by atoms with Gasteiger partial charge < -0.3 is 14.0 Å². The molecule has 0 saturated heterocycles. The minimum atomic E-state index is -0.301. The first-order valence-corrected chi connectivity index (χ1v) is 12.7. The number of ether oxygens (including phenoxy) is 2. The molecule has 0 radical (unpaired) electrons. The molecule has 5 rings (SSSR count). The number of hydrogen-bond acceptors (Lipinski definition) is 4. The number of nitrogens with zero attached hydrogens (tertiary/aromatic N) is 2. The summed E-state index contributed by atoms with van der Waals surface area (Å²) < 4.78 is 13.1. The average Bonchev–Trinajstić information content (AvgIpc) is 3.38. The number of rotatable bonds is 9. The van der Waals surface area contributed by atoms with Crippen molar-refractivity contribution in [2.24, 2.45) is 5.10 Å². The summed E-state index contributed by atoms with van der Waals surface area (Å²) in [5.74, 6) is 1.20. The molecule has 0 aliphatic carbocycles. The monoisotopic (exact) mass is 515 g/mol. The zero-order valence-corrected chi connectivity index (χ0v) is 21.9. The fourth-order valence-electron chi connectivity index (χ4n) is 4.43. The van der Waals surface area contributed by atoms with Crippen molar-refractivity contribution in [2.45, 2.75) is 6.92 Å². The molecule has 0 spiro atoms. The Bertz CT molecular complexity index is 1560. The van der Waals surface area contributed by atoms with Gasteiger partial charge in [0.1, 0.15) is 11.5 Å². The van der Waals surface area contributed by atoms with Crippen molar-refractivity contribution < 1.29 is 14.3 Å². The molecule has 1 amide bonds. The maximum absolute atomic E-state index is 12.7. The molecule has 1 aromatic heterocycles. The maximum atomic E-state index is 12.7. The molecule has 6 nitrogen and oxygen atoms in total. The van der Waals surface area contributed by atoms with Gasteiger partial charge in [-0.1, -0.05) is 60.7 Å². The minimum absolute atomic E-state index is 0.301. The first-order valence-electron chi connectivity index (χ1n) is 12.7. The van der Waals surface area contributed by atoms with Crippen molar-refractivity contribution in [3.05, 3.63) is 126 Å². The molecule has 39 heavy (non-hydrogen) atoms. The highest BCUT2D eigenvalue weighted by Crippen LogP contribution is 2.35. The zero-order valence-electron chi connectivity index (χ0n) is 21.9. The lowest BCUT2D eigenvalue weighted by atomic mass is 10.1. The standard InChI is InChI=1S/C33H29N3O3/c1-3-39-30-20-16-28(17-21-30)36-31(24-10-6-4-7-11-24)22-27(32(36)25-12-8-5-9-13-25)23-34-35-33(37)26-14-18-29(38-2)19-15-26/h4-23H,3H2,1-2H3,(H,35,37)/b34-23+. The van der Waals surface area contributed by atoms with Gasteiger partial charge in [-0.3, -0.25) is 4.79 Å². The summed E-state index contributed by atoms with van der Waals surface area (Å²) in [6, 6.07) is 37.4. The second-order valence-corrected chi connectivity index (χ2v) is 8.76. The van der Waals surface area contributed by atoms with Gasteiger partial charge in [0.2, 0.25) is 0 Å². The Hall–Kier alpha value is -5.10. The molecule has 0 fully saturated rings. The lowest BCUT2D eigenvalue weighted by Crippen LogP contribution is -2.17. The first-order chi connectivity index (χ1) is 19.2. The van der Waals surface area contributed by atoms with Crippen LogP contribution in [-0.4, -0.2) is 30.4 Å². The van der Waals surface area contributed by atoms with Crippen LogP contribution < -0.4 is 14.9 Å². The Labute approximate surface area is 228 Å². The fourth-order valence-corrected chi connectivity index (χ4v) is 4.43. The first kappa shape index (κ1) is 25.5. The number of hydrogen-bond donors (Lipinski definition) is 1. The molecule has 0 unspecified atom stereocenters. The van der Waals surface area contributed by atoms with Crippen LogP contribution in [0.3, 0.4) is 0 Å². The third-order valence-corrected chi connectivity index (χ3v) is 6.27. The number of aromatic nitrogens is 1. The van der Waals surface area contributed by atoms with Gasteiger partial charge in [-0.2, -0.15) is 5.10 Å². The average molecular weight is 516 g/mol. The number of hydrazone groups is 1. The molecule has 194 valence electrons. The fraction of sp³-hybridized carbons (Fsp3) is 0.0909. The highest BCUT2D eigenvalue weighted by atomic mass is 16.5. The molecule has 0 aliphatic heterocycles. The van der Waals surface area contributed by atoms with E-state index in [4.69, 9.17) is 9.47 Å². The van der Waals surface area contributed by atoms with E-state index in [0.717, 1.165) is 39.5 Å². The van der Waals surface area contributed by atoms with E-state index >= 15 is 0 Å². The van der Waals surface area contributed by atoms with Gasteiger partial charge in [0.25, 0.3) is 5.91 Å². The Morgan fingerprint density at radius 3 is 2.05 bits per heavy atom. The van der Waals surface area contributed by atoms with Crippen LogP contribution in [0.25, 0.3) is 28.2 Å². The van der Waals surface area contributed by atoms with E-state index in [-0.39, 0.29) is 5.91 Å². The number of nitrogens with one attached hydrogen (secondary N) is 1. The van der Waals surface area contributed by atoms with E-state index in [1.54, 1.807) is 37.6 Å². The van der Waals surface area contributed by atoms with Crippen LogP contribution in [-0.2, 0) is 0 Å². The van der Waals surface area contributed by atoms with Crippen molar-refractivity contribution >= 4 is 12.1 Å². The van der Waals surface area contributed by atoms with E-state index in [9.17, 15) is 4.79 Å². The predicted molar refractivity (Wildman–Crippen MR) is 156 cm³/mol. The Morgan fingerprint density at radius 2 is 1.44 bits per heavy atom. The van der Waals surface area contributed by atoms with E-state index < -0.39 is 0 Å². The van der Waals surface area contributed by atoms with Crippen molar-refractivity contribution in [2.75, 3.05) is 13.7 Å². The lowest BCUT2D eigenvalue weighted by molar-refractivity contribution is 0.0955. The largest absolute Gasteiger partial charge is 0.497 e. The number of carbonyl (C=O) groups excluding carboxylic acids is 1. The smallest absolute Gasteiger partial charge is 0.271 e. The Morgan fingerprint density at radius 1 is 0.821 bits per heavy atom. The summed E-state index contributed by atoms with van der Waals surface area (Å²) in [5.41, 5.74) is 9.05. The highest BCUT2D eigenvalue weighted by molar-refractivity contribution is 5.97. The molecular weight excluding hydrogens is 486 g/mol. The predicted octanol–water partition coefficient (Wildman–Crippen LogP) is 6.98. The second kappa shape index (κ2) is 12.0. The van der Waals surface area contributed by atoms with Crippen molar-refractivity contribution in [3.8, 4) is 39.7 Å². The van der Waals surface area contributed by atoms with Gasteiger partial charge in [-0.05, 0) is 72.6 Å².